The van der Waals surface area contributed by atoms with Gasteiger partial charge in [-0.25, -0.2) is 29.6 Å². The van der Waals surface area contributed by atoms with Gasteiger partial charge in [0, 0.05) is 24.2 Å². The minimum atomic E-state index is -4.49. The van der Waals surface area contributed by atoms with E-state index in [1.54, 1.807) is 31.7 Å². The van der Waals surface area contributed by atoms with E-state index in [9.17, 15) is 13.2 Å². The van der Waals surface area contributed by atoms with Crippen LogP contribution in [0.5, 0.6) is 0 Å². The number of imidazole rings is 1. The lowest BCUT2D eigenvalue weighted by molar-refractivity contribution is -0.141. The Balaban J connectivity index is 1.25. The number of benzene rings is 1. The molecule has 4 aromatic heterocycles. The van der Waals surface area contributed by atoms with Gasteiger partial charge < -0.3 is 9.88 Å². The zero-order valence-corrected chi connectivity index (χ0v) is 22.7. The van der Waals surface area contributed by atoms with E-state index in [2.05, 4.69) is 36.9 Å². The molecule has 1 N–H and O–H groups in total. The number of halogens is 3. The summed E-state index contributed by atoms with van der Waals surface area (Å²) in [5.41, 5.74) is 5.31. The van der Waals surface area contributed by atoms with Crippen molar-refractivity contribution < 1.29 is 13.2 Å². The van der Waals surface area contributed by atoms with Crippen LogP contribution in [0.2, 0.25) is 0 Å². The second kappa shape index (κ2) is 9.64. The molecule has 2 aliphatic rings. The van der Waals surface area contributed by atoms with Crippen LogP contribution in [0.3, 0.4) is 0 Å². The molecule has 7 rings (SSSR count). The molecule has 0 unspecified atom stereocenters. The molecule has 2 aliphatic carbocycles. The Labute approximate surface area is 233 Å². The van der Waals surface area contributed by atoms with Crippen LogP contribution in [-0.4, -0.2) is 45.7 Å². The number of alkyl halides is 3. The van der Waals surface area contributed by atoms with Gasteiger partial charge >= 0.3 is 6.18 Å². The third kappa shape index (κ3) is 4.81. The Bertz CT molecular complexity index is 1730. The summed E-state index contributed by atoms with van der Waals surface area (Å²) in [7, 11) is 0. The highest BCUT2D eigenvalue weighted by atomic mass is 19.4. The normalized spacial score (nSPS) is 15.5. The maximum Gasteiger partial charge on any atom is 0.435 e. The number of H-pyrrole nitrogens is 1. The predicted octanol–water partition coefficient (Wildman–Crippen LogP) is 5.93. The fourth-order valence-electron chi connectivity index (χ4n) is 5.33. The average molecular weight is 560 g/mol. The van der Waals surface area contributed by atoms with Crippen LogP contribution in [-0.2, 0) is 19.1 Å². The second-order valence-electron chi connectivity index (χ2n) is 10.8. The lowest BCUT2D eigenvalue weighted by Gasteiger charge is -2.25. The molecule has 0 bridgehead atoms. The van der Waals surface area contributed by atoms with Gasteiger partial charge in [-0.3, -0.25) is 0 Å². The molecule has 0 radical (unpaired) electrons. The highest BCUT2D eigenvalue weighted by molar-refractivity contribution is 5.86. The highest BCUT2D eigenvalue weighted by Crippen LogP contribution is 2.44. The lowest BCUT2D eigenvalue weighted by Crippen LogP contribution is -2.27. The Morgan fingerprint density at radius 2 is 1.80 bits per heavy atom. The second-order valence-corrected chi connectivity index (χ2v) is 10.8. The monoisotopic (exact) mass is 559 g/mol. The zero-order chi connectivity index (χ0) is 28.3. The zero-order valence-electron chi connectivity index (χ0n) is 22.7. The summed E-state index contributed by atoms with van der Waals surface area (Å²) in [4.78, 5) is 29.1. The van der Waals surface area contributed by atoms with Crippen molar-refractivity contribution in [1.82, 2.24) is 39.7 Å². The van der Waals surface area contributed by atoms with Gasteiger partial charge in [0.1, 0.15) is 11.8 Å². The summed E-state index contributed by atoms with van der Waals surface area (Å²) in [6.07, 6.45) is 3.82. The van der Waals surface area contributed by atoms with E-state index in [0.29, 0.717) is 41.4 Å². The van der Waals surface area contributed by atoms with E-state index < -0.39 is 11.9 Å². The highest BCUT2D eigenvalue weighted by Gasteiger charge is 2.36. The molecule has 0 saturated heterocycles. The van der Waals surface area contributed by atoms with Crippen molar-refractivity contribution in [2.24, 2.45) is 0 Å². The molecule has 41 heavy (non-hydrogen) atoms. The molecule has 9 nitrogen and oxygen atoms in total. The lowest BCUT2D eigenvalue weighted by atomic mass is 10.1. The molecule has 1 aromatic carbocycles. The molecule has 210 valence electrons. The Morgan fingerprint density at radius 1 is 1.02 bits per heavy atom. The summed E-state index contributed by atoms with van der Waals surface area (Å²) in [6.45, 7) is 4.26. The summed E-state index contributed by atoms with van der Waals surface area (Å²) in [6, 6.07) is 8.82. The van der Waals surface area contributed by atoms with Gasteiger partial charge in [0.25, 0.3) is 0 Å². The van der Waals surface area contributed by atoms with Crippen LogP contribution in [0.4, 0.5) is 19.0 Å². The number of aromatic nitrogens is 8. The molecule has 12 heteroatoms. The summed E-state index contributed by atoms with van der Waals surface area (Å²) < 4.78 is 40.8. The summed E-state index contributed by atoms with van der Waals surface area (Å²) in [5, 5.41) is 3.78. The van der Waals surface area contributed by atoms with Crippen LogP contribution >= 0.6 is 0 Å². The number of hydrogen-bond acceptors (Lipinski definition) is 7. The number of nitrogens with zero attached hydrogens (tertiary/aromatic N) is 8. The average Bonchev–Trinajstić information content (AvgIpc) is 3.90. The number of aryl methyl sites for hydroxylation is 2. The van der Waals surface area contributed by atoms with Crippen LogP contribution in [0.25, 0.3) is 28.2 Å². The van der Waals surface area contributed by atoms with Crippen LogP contribution in [0.15, 0.2) is 43.0 Å². The SMILES string of the molecule is CCc1ncnc(C2CC2)c1-c1nc(N(Cc2ccc(-n3nc(C(F)(F)F)cc3C)cc2)C2CC2)c2[nH]cnc2n1. The number of aromatic amines is 1. The van der Waals surface area contributed by atoms with Crippen molar-refractivity contribution in [2.45, 2.75) is 70.6 Å². The number of anilines is 1. The minimum absolute atomic E-state index is 0.312. The van der Waals surface area contributed by atoms with E-state index in [1.807, 2.05) is 12.1 Å². The maximum absolute atomic E-state index is 13.2. The van der Waals surface area contributed by atoms with Crippen molar-refractivity contribution in [3.63, 3.8) is 0 Å². The number of fused-ring (bicyclic) bond motifs is 1. The van der Waals surface area contributed by atoms with E-state index >= 15 is 0 Å². The van der Waals surface area contributed by atoms with Crippen LogP contribution in [0.1, 0.15) is 66.9 Å². The maximum atomic E-state index is 13.2. The fraction of sp³-hybridized carbons (Fsp3) is 0.379. The minimum Gasteiger partial charge on any atom is -0.347 e. The molecule has 0 aliphatic heterocycles. The van der Waals surface area contributed by atoms with Crippen molar-refractivity contribution in [3.05, 3.63) is 71.3 Å². The van der Waals surface area contributed by atoms with E-state index in [-0.39, 0.29) is 0 Å². The smallest absolute Gasteiger partial charge is 0.347 e. The Hall–Kier alpha value is -4.35. The van der Waals surface area contributed by atoms with Gasteiger partial charge in [-0.2, -0.15) is 18.3 Å². The fourth-order valence-corrected chi connectivity index (χ4v) is 5.33. The van der Waals surface area contributed by atoms with E-state index in [1.165, 1.54) is 4.68 Å². The van der Waals surface area contributed by atoms with Crippen LogP contribution < -0.4 is 4.90 Å². The van der Waals surface area contributed by atoms with Gasteiger partial charge in [0.05, 0.1) is 29.0 Å². The van der Waals surface area contributed by atoms with Crippen molar-refractivity contribution in [2.75, 3.05) is 4.90 Å². The molecule has 0 amide bonds. The summed E-state index contributed by atoms with van der Waals surface area (Å²) in [5.74, 6) is 1.78. The molecule has 5 aromatic rings. The van der Waals surface area contributed by atoms with Gasteiger partial charge in [-0.1, -0.05) is 19.1 Å². The van der Waals surface area contributed by atoms with Gasteiger partial charge in [0.2, 0.25) is 0 Å². The molecular formula is C29H28F3N9. The molecule has 2 fully saturated rings. The summed E-state index contributed by atoms with van der Waals surface area (Å²) >= 11 is 0. The van der Waals surface area contributed by atoms with E-state index in [0.717, 1.165) is 72.0 Å². The standard InChI is InChI=1S/C29H28F3N9/c1-3-21-23(24(18-6-7-18)34-14-33-21)26-37-27-25(35-15-36-27)28(38-26)40(19-10-11-19)13-17-4-8-20(9-5-17)41-16(2)12-22(39-41)29(30,31)32/h4-5,8-9,12,14-15,18-19H,3,6-7,10-11,13H2,1-2H3,(H,35,36,37,38). The third-order valence-corrected chi connectivity index (χ3v) is 7.72. The molecule has 0 atom stereocenters. The number of hydrogen-bond donors (Lipinski definition) is 1. The quantitative estimate of drug-likeness (QED) is 0.251. The first-order valence-corrected chi connectivity index (χ1v) is 13.8. The molecule has 4 heterocycles. The third-order valence-electron chi connectivity index (χ3n) is 7.72. The van der Waals surface area contributed by atoms with Crippen molar-refractivity contribution in [3.8, 4) is 17.1 Å². The first-order chi connectivity index (χ1) is 19.8. The topological polar surface area (TPSA) is 101 Å². The molecule has 0 spiro atoms. The van der Waals surface area contributed by atoms with Gasteiger partial charge in [0.15, 0.2) is 23.0 Å². The Morgan fingerprint density at radius 3 is 2.46 bits per heavy atom. The van der Waals surface area contributed by atoms with Crippen molar-refractivity contribution >= 4 is 17.0 Å². The number of rotatable bonds is 8. The predicted molar refractivity (Wildman–Crippen MR) is 147 cm³/mol. The van der Waals surface area contributed by atoms with E-state index in [4.69, 9.17) is 9.97 Å². The van der Waals surface area contributed by atoms with Crippen molar-refractivity contribution in [1.29, 1.82) is 0 Å². The Kier molecular flexibility index (Phi) is 6.02. The van der Waals surface area contributed by atoms with Gasteiger partial charge in [-0.15, -0.1) is 0 Å². The first kappa shape index (κ1) is 25.6. The first-order valence-electron chi connectivity index (χ1n) is 13.8. The van der Waals surface area contributed by atoms with Crippen LogP contribution in [0, 0.1) is 6.92 Å². The molecule has 2 saturated carbocycles. The van der Waals surface area contributed by atoms with Gasteiger partial charge in [-0.05, 0) is 62.8 Å². The molecular weight excluding hydrogens is 531 g/mol. The largest absolute Gasteiger partial charge is 0.435 e. The number of nitrogens with one attached hydrogen (secondary N) is 1.